The van der Waals surface area contributed by atoms with E-state index >= 15 is 0 Å². The Labute approximate surface area is 187 Å². The number of hydrogen-bond donors (Lipinski definition) is 1. The topological polar surface area (TPSA) is 68.7 Å². The molecular weight excluding hydrogens is 443 g/mol. The van der Waals surface area contributed by atoms with Gasteiger partial charge in [-0.1, -0.05) is 18.2 Å². The second-order valence-corrected chi connectivity index (χ2v) is 7.94. The van der Waals surface area contributed by atoms with Gasteiger partial charge in [0.05, 0.1) is 11.3 Å². The van der Waals surface area contributed by atoms with Crippen LogP contribution in [0, 0.1) is 6.92 Å². The Morgan fingerprint density at radius 3 is 2.50 bits per heavy atom. The van der Waals surface area contributed by atoms with Crippen molar-refractivity contribution in [2.24, 2.45) is 0 Å². The lowest BCUT2D eigenvalue weighted by Gasteiger charge is -2.15. The molecule has 0 saturated heterocycles. The highest BCUT2D eigenvalue weighted by atomic mass is 32.1. The summed E-state index contributed by atoms with van der Waals surface area (Å²) < 4.78 is 49.2. The number of ether oxygens (including phenoxy) is 2. The Bertz CT molecular complexity index is 1060. The minimum atomic E-state index is -4.37. The van der Waals surface area contributed by atoms with Crippen molar-refractivity contribution in [1.82, 2.24) is 4.98 Å². The van der Waals surface area contributed by atoms with Gasteiger partial charge in [0.2, 0.25) is 0 Å². The minimum Gasteiger partial charge on any atom is -0.487 e. The molecule has 0 fully saturated rings. The van der Waals surface area contributed by atoms with Crippen LogP contribution in [0.1, 0.15) is 29.3 Å². The summed E-state index contributed by atoms with van der Waals surface area (Å²) in [7, 11) is 0. The number of benzene rings is 2. The van der Waals surface area contributed by atoms with E-state index in [2.05, 4.69) is 4.98 Å². The van der Waals surface area contributed by atoms with E-state index in [0.717, 1.165) is 23.3 Å². The number of aromatic nitrogens is 1. The number of hydrogen-bond acceptors (Lipinski definition) is 5. The van der Waals surface area contributed by atoms with E-state index in [1.165, 1.54) is 23.5 Å². The van der Waals surface area contributed by atoms with Crippen molar-refractivity contribution in [2.45, 2.75) is 39.2 Å². The molecule has 0 spiro atoms. The molecule has 0 saturated carbocycles. The van der Waals surface area contributed by atoms with Crippen LogP contribution in [0.15, 0.2) is 47.8 Å². The Morgan fingerprint density at radius 1 is 1.19 bits per heavy atom. The third-order valence-corrected chi connectivity index (χ3v) is 5.70. The highest BCUT2D eigenvalue weighted by Crippen LogP contribution is 2.32. The Kier molecular flexibility index (Phi) is 7.52. The predicted octanol–water partition coefficient (Wildman–Crippen LogP) is 5.75. The molecule has 5 nitrogen and oxygen atoms in total. The molecule has 1 aromatic heterocycles. The molecule has 0 aliphatic heterocycles. The van der Waals surface area contributed by atoms with Crippen molar-refractivity contribution in [3.05, 3.63) is 70.2 Å². The molecule has 0 aliphatic carbocycles. The summed E-state index contributed by atoms with van der Waals surface area (Å²) in [6.07, 6.45) is -5.01. The van der Waals surface area contributed by atoms with E-state index in [-0.39, 0.29) is 13.0 Å². The van der Waals surface area contributed by atoms with Crippen molar-refractivity contribution in [1.29, 1.82) is 0 Å². The molecule has 3 aromatic rings. The van der Waals surface area contributed by atoms with Gasteiger partial charge in [0.15, 0.2) is 6.10 Å². The third kappa shape index (κ3) is 6.08. The minimum absolute atomic E-state index is 0.201. The highest BCUT2D eigenvalue weighted by molar-refractivity contribution is 7.13. The standard InChI is InChI=1S/C23H22F3NO4S/c1-3-30-20(22(28)29)11-16-6-9-19(10-14(16)2)31-12-18-13-32-21(27-18)15-4-7-17(8-5-15)23(24,25)26/h4-10,13,20H,3,11-12H2,1-2H3,(H,28,29). The molecular formula is C23H22F3NO4S. The fourth-order valence-electron chi connectivity index (χ4n) is 3.07. The molecule has 1 unspecified atom stereocenters. The van der Waals surface area contributed by atoms with Crippen molar-refractivity contribution in [3.8, 4) is 16.3 Å². The monoisotopic (exact) mass is 465 g/mol. The maximum absolute atomic E-state index is 12.7. The van der Waals surface area contributed by atoms with Crippen LogP contribution in [0.4, 0.5) is 13.2 Å². The number of rotatable bonds is 9. The highest BCUT2D eigenvalue weighted by Gasteiger charge is 2.30. The number of nitrogens with zero attached hydrogens (tertiary/aromatic N) is 1. The number of carbonyl (C=O) groups is 1. The zero-order valence-electron chi connectivity index (χ0n) is 17.5. The first-order valence-electron chi connectivity index (χ1n) is 9.86. The number of carboxylic acids is 1. The summed E-state index contributed by atoms with van der Waals surface area (Å²) in [5.41, 5.74) is 2.32. The molecule has 1 N–H and O–H groups in total. The summed E-state index contributed by atoms with van der Waals surface area (Å²) in [6.45, 7) is 4.14. The maximum Gasteiger partial charge on any atom is 0.416 e. The van der Waals surface area contributed by atoms with Gasteiger partial charge in [-0.15, -0.1) is 11.3 Å². The second kappa shape index (κ2) is 10.1. The van der Waals surface area contributed by atoms with Crippen LogP contribution >= 0.6 is 11.3 Å². The van der Waals surface area contributed by atoms with E-state index in [1.807, 2.05) is 19.1 Å². The van der Waals surface area contributed by atoms with Gasteiger partial charge in [0.25, 0.3) is 0 Å². The number of alkyl halides is 3. The van der Waals surface area contributed by atoms with E-state index < -0.39 is 23.8 Å². The van der Waals surface area contributed by atoms with Crippen LogP contribution in [0.25, 0.3) is 10.6 Å². The van der Waals surface area contributed by atoms with Crippen LogP contribution in [0.5, 0.6) is 5.75 Å². The van der Waals surface area contributed by atoms with Gasteiger partial charge in [-0.2, -0.15) is 13.2 Å². The third-order valence-electron chi connectivity index (χ3n) is 4.76. The van der Waals surface area contributed by atoms with Crippen LogP contribution in [0.2, 0.25) is 0 Å². The number of thiazole rings is 1. The molecule has 3 rings (SSSR count). The first kappa shape index (κ1) is 23.7. The van der Waals surface area contributed by atoms with Crippen LogP contribution in [-0.2, 0) is 28.7 Å². The van der Waals surface area contributed by atoms with E-state index in [9.17, 15) is 23.1 Å². The second-order valence-electron chi connectivity index (χ2n) is 7.08. The smallest absolute Gasteiger partial charge is 0.416 e. The molecule has 0 aliphatic rings. The zero-order valence-corrected chi connectivity index (χ0v) is 18.3. The summed E-state index contributed by atoms with van der Waals surface area (Å²) in [6, 6.07) is 10.3. The Morgan fingerprint density at radius 2 is 1.91 bits per heavy atom. The average molecular weight is 465 g/mol. The number of aliphatic carboxylic acids is 1. The number of carboxylic acid groups (broad SMARTS) is 1. The molecule has 1 atom stereocenters. The molecule has 0 amide bonds. The van der Waals surface area contributed by atoms with Crippen LogP contribution in [0.3, 0.4) is 0 Å². The maximum atomic E-state index is 12.7. The van der Waals surface area contributed by atoms with Gasteiger partial charge in [-0.3, -0.25) is 0 Å². The van der Waals surface area contributed by atoms with Crippen molar-refractivity contribution >= 4 is 17.3 Å². The van der Waals surface area contributed by atoms with E-state index in [1.54, 1.807) is 18.4 Å². The predicted molar refractivity (Wildman–Crippen MR) is 115 cm³/mol. The summed E-state index contributed by atoms with van der Waals surface area (Å²) in [5, 5.41) is 11.7. The van der Waals surface area contributed by atoms with Gasteiger partial charge < -0.3 is 14.6 Å². The molecule has 2 aromatic carbocycles. The normalized spacial score (nSPS) is 12.5. The number of aryl methyl sites for hydroxylation is 1. The van der Waals surface area contributed by atoms with Crippen molar-refractivity contribution in [3.63, 3.8) is 0 Å². The Hall–Kier alpha value is -2.91. The molecule has 170 valence electrons. The van der Waals surface area contributed by atoms with E-state index in [4.69, 9.17) is 9.47 Å². The van der Waals surface area contributed by atoms with Crippen LogP contribution < -0.4 is 4.74 Å². The molecule has 9 heteroatoms. The van der Waals surface area contributed by atoms with Crippen molar-refractivity contribution < 1.29 is 32.5 Å². The van der Waals surface area contributed by atoms with Gasteiger partial charge in [-0.05, 0) is 49.2 Å². The van der Waals surface area contributed by atoms with Gasteiger partial charge in [0, 0.05) is 24.0 Å². The number of halogens is 3. The lowest BCUT2D eigenvalue weighted by molar-refractivity contribution is -0.150. The molecule has 32 heavy (non-hydrogen) atoms. The molecule has 0 radical (unpaired) electrons. The average Bonchev–Trinajstić information content (AvgIpc) is 3.22. The quantitative estimate of drug-likeness (QED) is 0.436. The largest absolute Gasteiger partial charge is 0.487 e. The molecule has 0 bridgehead atoms. The first-order valence-corrected chi connectivity index (χ1v) is 10.7. The lowest BCUT2D eigenvalue weighted by Crippen LogP contribution is -2.26. The Balaban J connectivity index is 1.62. The van der Waals surface area contributed by atoms with E-state index in [0.29, 0.717) is 28.6 Å². The lowest BCUT2D eigenvalue weighted by atomic mass is 10.0. The fraction of sp³-hybridized carbons (Fsp3) is 0.304. The van der Waals surface area contributed by atoms with Gasteiger partial charge in [0.1, 0.15) is 17.4 Å². The SMILES string of the molecule is CCOC(Cc1ccc(OCc2csc(-c3ccc(C(F)(F)F)cc3)n2)cc1C)C(=O)O. The summed E-state index contributed by atoms with van der Waals surface area (Å²) >= 11 is 1.33. The van der Waals surface area contributed by atoms with Gasteiger partial charge >= 0.3 is 12.1 Å². The fourth-order valence-corrected chi connectivity index (χ4v) is 3.88. The first-order chi connectivity index (χ1) is 15.2. The van der Waals surface area contributed by atoms with Crippen molar-refractivity contribution in [2.75, 3.05) is 6.61 Å². The molecule has 1 heterocycles. The van der Waals surface area contributed by atoms with Crippen LogP contribution in [-0.4, -0.2) is 28.8 Å². The zero-order chi connectivity index (χ0) is 23.3. The summed E-state index contributed by atoms with van der Waals surface area (Å²) in [4.78, 5) is 15.7. The summed E-state index contributed by atoms with van der Waals surface area (Å²) in [5.74, 6) is -0.391. The van der Waals surface area contributed by atoms with Gasteiger partial charge in [-0.25, -0.2) is 9.78 Å².